The van der Waals surface area contributed by atoms with Gasteiger partial charge in [-0.15, -0.1) is 0 Å². The van der Waals surface area contributed by atoms with E-state index >= 15 is 0 Å². The summed E-state index contributed by atoms with van der Waals surface area (Å²) in [5.41, 5.74) is 0.671. The molecule has 2 aliphatic rings. The number of rotatable bonds is 6. The Hall–Kier alpha value is -1.88. The van der Waals surface area contributed by atoms with Gasteiger partial charge in [0, 0.05) is 32.7 Å². The van der Waals surface area contributed by atoms with Crippen molar-refractivity contribution in [2.75, 3.05) is 26.8 Å². The predicted molar refractivity (Wildman–Crippen MR) is 89.7 cm³/mol. The van der Waals surface area contributed by atoms with Crippen molar-refractivity contribution in [1.82, 2.24) is 4.90 Å². The summed E-state index contributed by atoms with van der Waals surface area (Å²) in [6.45, 7) is 1.38. The minimum Gasteiger partial charge on any atom is -0.481 e. The Morgan fingerprint density at radius 1 is 1.25 bits per heavy atom. The van der Waals surface area contributed by atoms with Crippen LogP contribution in [0.25, 0.3) is 0 Å². The number of hydrogen-bond acceptors (Lipinski definition) is 3. The highest BCUT2D eigenvalue weighted by atomic mass is 16.5. The molecular weight excluding hydrogens is 306 g/mol. The molecule has 1 N–H and O–H groups in total. The first-order valence-electron chi connectivity index (χ1n) is 8.63. The fraction of sp³-hybridized carbons (Fsp3) is 0.579. The SMILES string of the molecule is COCCC1(C(=O)N2CC(C(=O)O)C(c3ccccc3)C2)CCC1. The summed E-state index contributed by atoms with van der Waals surface area (Å²) < 4.78 is 5.17. The van der Waals surface area contributed by atoms with Gasteiger partial charge in [0.15, 0.2) is 0 Å². The summed E-state index contributed by atoms with van der Waals surface area (Å²) in [6.07, 6.45) is 3.57. The average molecular weight is 331 g/mol. The number of carboxylic acid groups (broad SMARTS) is 1. The van der Waals surface area contributed by atoms with Crippen LogP contribution in [0.5, 0.6) is 0 Å². The van der Waals surface area contributed by atoms with Gasteiger partial charge in [0.1, 0.15) is 0 Å². The van der Waals surface area contributed by atoms with Crippen LogP contribution in [-0.4, -0.2) is 48.7 Å². The molecule has 0 bridgehead atoms. The second-order valence-electron chi connectivity index (χ2n) is 7.05. The summed E-state index contributed by atoms with van der Waals surface area (Å²) in [5.74, 6) is -1.36. The molecule has 2 fully saturated rings. The van der Waals surface area contributed by atoms with E-state index in [1.165, 1.54) is 0 Å². The lowest BCUT2D eigenvalue weighted by Crippen LogP contribution is -2.48. The maximum absolute atomic E-state index is 13.1. The van der Waals surface area contributed by atoms with E-state index in [4.69, 9.17) is 4.74 Å². The van der Waals surface area contributed by atoms with E-state index < -0.39 is 11.9 Å². The average Bonchev–Trinajstić information content (AvgIpc) is 3.00. The Labute approximate surface area is 142 Å². The number of hydrogen-bond donors (Lipinski definition) is 1. The monoisotopic (exact) mass is 331 g/mol. The molecule has 1 amide bonds. The number of benzene rings is 1. The minimum atomic E-state index is -0.821. The highest BCUT2D eigenvalue weighted by molar-refractivity contribution is 5.85. The quantitative estimate of drug-likeness (QED) is 0.870. The molecular formula is C19H25NO4. The van der Waals surface area contributed by atoms with Crippen LogP contribution in [0.3, 0.4) is 0 Å². The van der Waals surface area contributed by atoms with Crippen molar-refractivity contribution in [2.45, 2.75) is 31.6 Å². The van der Waals surface area contributed by atoms with Gasteiger partial charge in [-0.1, -0.05) is 36.8 Å². The van der Waals surface area contributed by atoms with Crippen LogP contribution >= 0.6 is 0 Å². The van der Waals surface area contributed by atoms with Gasteiger partial charge in [0.25, 0.3) is 0 Å². The zero-order valence-electron chi connectivity index (χ0n) is 14.1. The van der Waals surface area contributed by atoms with Gasteiger partial charge in [-0.25, -0.2) is 0 Å². The Morgan fingerprint density at radius 2 is 1.96 bits per heavy atom. The van der Waals surface area contributed by atoms with Crippen LogP contribution in [0.4, 0.5) is 0 Å². The summed E-state index contributed by atoms with van der Waals surface area (Å²) in [4.78, 5) is 26.6. The highest BCUT2D eigenvalue weighted by Gasteiger charge is 2.49. The number of aliphatic carboxylic acids is 1. The molecule has 0 spiro atoms. The van der Waals surface area contributed by atoms with E-state index in [0.29, 0.717) is 19.7 Å². The van der Waals surface area contributed by atoms with Gasteiger partial charge in [0.2, 0.25) is 5.91 Å². The van der Waals surface area contributed by atoms with Gasteiger partial charge in [-0.2, -0.15) is 0 Å². The van der Waals surface area contributed by atoms with Gasteiger partial charge >= 0.3 is 5.97 Å². The number of nitrogens with zero attached hydrogens (tertiary/aromatic N) is 1. The summed E-state index contributed by atoms with van der Waals surface area (Å²) in [5, 5.41) is 9.60. The summed E-state index contributed by atoms with van der Waals surface area (Å²) in [7, 11) is 1.65. The molecule has 24 heavy (non-hydrogen) atoms. The third-order valence-electron chi connectivity index (χ3n) is 5.70. The number of ether oxygens (including phenoxy) is 1. The number of amides is 1. The maximum Gasteiger partial charge on any atom is 0.308 e. The van der Waals surface area contributed by atoms with Crippen molar-refractivity contribution in [3.63, 3.8) is 0 Å². The number of carbonyl (C=O) groups excluding carboxylic acids is 1. The van der Waals surface area contributed by atoms with Gasteiger partial charge in [-0.3, -0.25) is 9.59 Å². The number of likely N-dealkylation sites (tertiary alicyclic amines) is 1. The van der Waals surface area contributed by atoms with Crippen LogP contribution in [0.15, 0.2) is 30.3 Å². The fourth-order valence-electron chi connectivity index (χ4n) is 4.07. The lowest BCUT2D eigenvalue weighted by Gasteiger charge is -2.42. The highest BCUT2D eigenvalue weighted by Crippen LogP contribution is 2.47. The Balaban J connectivity index is 1.78. The number of carbonyl (C=O) groups is 2. The Bertz CT molecular complexity index is 597. The minimum absolute atomic E-state index is 0.121. The third kappa shape index (κ3) is 3.05. The van der Waals surface area contributed by atoms with Crippen molar-refractivity contribution in [3.05, 3.63) is 35.9 Å². The Kier molecular flexibility index (Phi) is 4.90. The smallest absolute Gasteiger partial charge is 0.308 e. The van der Waals surface area contributed by atoms with Crippen molar-refractivity contribution < 1.29 is 19.4 Å². The first kappa shape index (κ1) is 17.0. The van der Waals surface area contributed by atoms with Crippen molar-refractivity contribution in [2.24, 2.45) is 11.3 Å². The molecule has 1 saturated heterocycles. The molecule has 1 aromatic rings. The molecule has 0 aromatic heterocycles. The number of carboxylic acids is 1. The zero-order valence-corrected chi connectivity index (χ0v) is 14.1. The topological polar surface area (TPSA) is 66.8 Å². The molecule has 3 rings (SSSR count). The van der Waals surface area contributed by atoms with Crippen molar-refractivity contribution >= 4 is 11.9 Å². The van der Waals surface area contributed by atoms with Gasteiger partial charge in [-0.05, 0) is 24.8 Å². The van der Waals surface area contributed by atoms with Gasteiger partial charge < -0.3 is 14.7 Å². The molecule has 5 nitrogen and oxygen atoms in total. The largest absolute Gasteiger partial charge is 0.481 e. The van der Waals surface area contributed by atoms with E-state index in [0.717, 1.165) is 31.2 Å². The molecule has 1 heterocycles. The first-order chi connectivity index (χ1) is 11.6. The molecule has 2 unspecified atom stereocenters. The van der Waals surface area contributed by atoms with Gasteiger partial charge in [0.05, 0.1) is 11.3 Å². The molecule has 130 valence electrons. The Morgan fingerprint density at radius 3 is 2.50 bits per heavy atom. The van der Waals surface area contributed by atoms with E-state index in [1.807, 2.05) is 30.3 Å². The van der Waals surface area contributed by atoms with E-state index in [2.05, 4.69) is 0 Å². The standard InChI is InChI=1S/C19H25NO4/c1-24-11-10-19(8-5-9-19)18(23)20-12-15(16(13-20)17(21)22)14-6-3-2-4-7-14/h2-4,6-7,15-16H,5,8-13H2,1H3,(H,21,22). The van der Waals surface area contributed by atoms with E-state index in [1.54, 1.807) is 12.0 Å². The lowest BCUT2D eigenvalue weighted by molar-refractivity contribution is -0.148. The fourth-order valence-corrected chi connectivity index (χ4v) is 4.07. The number of methoxy groups -OCH3 is 1. The van der Waals surface area contributed by atoms with Crippen LogP contribution in [-0.2, 0) is 14.3 Å². The normalized spacial score (nSPS) is 25.3. The summed E-state index contributed by atoms with van der Waals surface area (Å²) in [6, 6.07) is 9.68. The van der Waals surface area contributed by atoms with Crippen molar-refractivity contribution in [3.8, 4) is 0 Å². The van der Waals surface area contributed by atoms with Crippen LogP contribution < -0.4 is 0 Å². The molecule has 0 radical (unpaired) electrons. The molecule has 1 aliphatic carbocycles. The molecule has 1 aliphatic heterocycles. The lowest BCUT2D eigenvalue weighted by atomic mass is 9.66. The maximum atomic E-state index is 13.1. The second kappa shape index (κ2) is 6.93. The van der Waals surface area contributed by atoms with E-state index in [9.17, 15) is 14.7 Å². The zero-order chi connectivity index (χ0) is 17.2. The van der Waals surface area contributed by atoms with Crippen LogP contribution in [0.2, 0.25) is 0 Å². The van der Waals surface area contributed by atoms with Crippen molar-refractivity contribution in [1.29, 1.82) is 0 Å². The molecule has 2 atom stereocenters. The van der Waals surface area contributed by atoms with E-state index in [-0.39, 0.29) is 17.2 Å². The third-order valence-corrected chi connectivity index (χ3v) is 5.70. The van der Waals surface area contributed by atoms with Crippen LogP contribution in [0, 0.1) is 11.3 Å². The summed E-state index contributed by atoms with van der Waals surface area (Å²) >= 11 is 0. The predicted octanol–water partition coefficient (Wildman–Crippen LogP) is 2.52. The first-order valence-corrected chi connectivity index (χ1v) is 8.63. The van der Waals surface area contributed by atoms with Crippen LogP contribution in [0.1, 0.15) is 37.2 Å². The molecule has 5 heteroatoms. The molecule has 1 saturated carbocycles. The second-order valence-corrected chi connectivity index (χ2v) is 7.05. The molecule has 1 aromatic carbocycles.